The number of carboxylic acids is 1. The maximum atomic E-state index is 11.3. The monoisotopic (exact) mass is 265 g/mol. The van der Waals surface area contributed by atoms with Crippen LogP contribution in [0, 0.1) is 13.8 Å². The van der Waals surface area contributed by atoms with Crippen LogP contribution < -0.4 is 5.32 Å². The Hall–Kier alpha value is -1.69. The van der Waals surface area contributed by atoms with E-state index in [1.807, 2.05) is 0 Å². The van der Waals surface area contributed by atoms with Crippen LogP contribution >= 0.6 is 0 Å². The summed E-state index contributed by atoms with van der Waals surface area (Å²) in [5.74, 6) is -0.660. The molecule has 6 heteroatoms. The molecule has 1 aliphatic heterocycles. The Morgan fingerprint density at radius 2 is 2.21 bits per heavy atom. The minimum Gasteiger partial charge on any atom is -0.478 e. The Labute approximate surface area is 112 Å². The standard InChI is InChI=1S/C13H19N3O3/c1-8-9(2)15-16-12(11(8)13(17)18)14-7-10-5-3-4-6-19-10/h10H,3-7H2,1-2H3,(H,14,16)(H,17,18). The van der Waals surface area contributed by atoms with Crippen molar-refractivity contribution in [2.24, 2.45) is 0 Å². The fourth-order valence-corrected chi connectivity index (χ4v) is 2.17. The predicted octanol–water partition coefficient (Wildman–Crippen LogP) is 1.77. The first-order valence-corrected chi connectivity index (χ1v) is 6.52. The van der Waals surface area contributed by atoms with Gasteiger partial charge in [-0.15, -0.1) is 5.10 Å². The summed E-state index contributed by atoms with van der Waals surface area (Å²) >= 11 is 0. The Balaban J connectivity index is 2.11. The summed E-state index contributed by atoms with van der Waals surface area (Å²) in [5.41, 5.74) is 1.48. The van der Waals surface area contributed by atoms with Crippen LogP contribution in [0.25, 0.3) is 0 Å². The second-order valence-electron chi connectivity index (χ2n) is 4.81. The fraction of sp³-hybridized carbons (Fsp3) is 0.615. The molecule has 1 fully saturated rings. The zero-order valence-electron chi connectivity index (χ0n) is 11.3. The highest BCUT2D eigenvalue weighted by Crippen LogP contribution is 2.19. The summed E-state index contributed by atoms with van der Waals surface area (Å²) in [7, 11) is 0. The van der Waals surface area contributed by atoms with Gasteiger partial charge in [-0.1, -0.05) is 0 Å². The minimum atomic E-state index is -0.984. The molecule has 19 heavy (non-hydrogen) atoms. The number of anilines is 1. The van der Waals surface area contributed by atoms with Crippen molar-refractivity contribution in [3.8, 4) is 0 Å². The number of hydrogen-bond acceptors (Lipinski definition) is 5. The number of ether oxygens (including phenoxy) is 1. The number of aromatic carboxylic acids is 1. The van der Waals surface area contributed by atoms with Gasteiger partial charge in [0.15, 0.2) is 5.82 Å². The highest BCUT2D eigenvalue weighted by Gasteiger charge is 2.19. The van der Waals surface area contributed by atoms with Gasteiger partial charge in [-0.3, -0.25) is 0 Å². The summed E-state index contributed by atoms with van der Waals surface area (Å²) in [4.78, 5) is 11.3. The summed E-state index contributed by atoms with van der Waals surface area (Å²) in [6, 6.07) is 0. The molecule has 0 spiro atoms. The third kappa shape index (κ3) is 3.20. The average Bonchev–Trinajstić information content (AvgIpc) is 2.41. The van der Waals surface area contributed by atoms with Gasteiger partial charge in [-0.25, -0.2) is 4.79 Å². The van der Waals surface area contributed by atoms with E-state index in [2.05, 4.69) is 15.5 Å². The molecule has 2 rings (SSSR count). The summed E-state index contributed by atoms with van der Waals surface area (Å²) in [6.07, 6.45) is 3.36. The molecule has 1 atom stereocenters. The lowest BCUT2D eigenvalue weighted by Crippen LogP contribution is -2.28. The summed E-state index contributed by atoms with van der Waals surface area (Å²) in [6.45, 7) is 4.84. The number of rotatable bonds is 4. The van der Waals surface area contributed by atoms with Crippen LogP contribution in [0.4, 0.5) is 5.82 Å². The van der Waals surface area contributed by atoms with E-state index in [-0.39, 0.29) is 11.7 Å². The van der Waals surface area contributed by atoms with Crippen molar-refractivity contribution in [3.05, 3.63) is 16.8 Å². The van der Waals surface area contributed by atoms with E-state index in [9.17, 15) is 9.90 Å². The fourth-order valence-electron chi connectivity index (χ4n) is 2.17. The first kappa shape index (κ1) is 13.7. The number of nitrogens with zero attached hydrogens (tertiary/aromatic N) is 2. The molecule has 1 aliphatic rings. The maximum Gasteiger partial charge on any atom is 0.339 e. The number of aromatic nitrogens is 2. The van der Waals surface area contributed by atoms with Crippen LogP contribution in [-0.4, -0.2) is 40.5 Å². The largest absolute Gasteiger partial charge is 0.478 e. The van der Waals surface area contributed by atoms with E-state index in [0.717, 1.165) is 25.9 Å². The predicted molar refractivity (Wildman–Crippen MR) is 70.5 cm³/mol. The quantitative estimate of drug-likeness (QED) is 0.863. The van der Waals surface area contributed by atoms with Crippen molar-refractivity contribution in [1.82, 2.24) is 10.2 Å². The van der Waals surface area contributed by atoms with Crippen molar-refractivity contribution in [1.29, 1.82) is 0 Å². The van der Waals surface area contributed by atoms with Gasteiger partial charge in [-0.2, -0.15) is 5.10 Å². The van der Waals surface area contributed by atoms with Crippen LogP contribution in [0.5, 0.6) is 0 Å². The molecule has 6 nitrogen and oxygen atoms in total. The molecule has 0 bridgehead atoms. The maximum absolute atomic E-state index is 11.3. The van der Waals surface area contributed by atoms with Crippen LogP contribution in [0.15, 0.2) is 0 Å². The van der Waals surface area contributed by atoms with Crippen molar-refractivity contribution in [3.63, 3.8) is 0 Å². The highest BCUT2D eigenvalue weighted by atomic mass is 16.5. The van der Waals surface area contributed by atoms with E-state index in [4.69, 9.17) is 4.74 Å². The van der Waals surface area contributed by atoms with Gasteiger partial charge in [0, 0.05) is 13.2 Å². The molecule has 0 amide bonds. The van der Waals surface area contributed by atoms with Crippen molar-refractivity contribution in [2.75, 3.05) is 18.5 Å². The van der Waals surface area contributed by atoms with Crippen molar-refractivity contribution < 1.29 is 14.6 Å². The lowest BCUT2D eigenvalue weighted by molar-refractivity contribution is 0.0246. The first-order valence-electron chi connectivity index (χ1n) is 6.52. The van der Waals surface area contributed by atoms with E-state index in [0.29, 0.717) is 23.6 Å². The van der Waals surface area contributed by atoms with Gasteiger partial charge < -0.3 is 15.2 Å². The molecule has 0 saturated carbocycles. The number of aryl methyl sites for hydroxylation is 1. The summed E-state index contributed by atoms with van der Waals surface area (Å²) in [5, 5.41) is 20.2. The van der Waals surface area contributed by atoms with E-state index in [1.54, 1.807) is 13.8 Å². The number of nitrogens with one attached hydrogen (secondary N) is 1. The van der Waals surface area contributed by atoms with Gasteiger partial charge in [0.1, 0.15) is 5.56 Å². The van der Waals surface area contributed by atoms with Crippen molar-refractivity contribution >= 4 is 11.8 Å². The van der Waals surface area contributed by atoms with Crippen LogP contribution in [0.3, 0.4) is 0 Å². The number of hydrogen-bond donors (Lipinski definition) is 2. The van der Waals surface area contributed by atoms with E-state index < -0.39 is 5.97 Å². The molecule has 0 radical (unpaired) electrons. The van der Waals surface area contributed by atoms with Gasteiger partial charge in [0.2, 0.25) is 0 Å². The molecular weight excluding hydrogens is 246 g/mol. The molecular formula is C13H19N3O3. The zero-order valence-corrected chi connectivity index (χ0v) is 11.3. The Morgan fingerprint density at radius 3 is 2.84 bits per heavy atom. The first-order chi connectivity index (χ1) is 9.09. The molecule has 2 heterocycles. The topological polar surface area (TPSA) is 84.3 Å². The highest BCUT2D eigenvalue weighted by molar-refractivity contribution is 5.94. The molecule has 1 unspecified atom stereocenters. The van der Waals surface area contributed by atoms with Gasteiger partial charge in [0.05, 0.1) is 11.8 Å². The normalized spacial score (nSPS) is 19.2. The molecule has 1 aromatic rings. The second kappa shape index (κ2) is 5.97. The van der Waals surface area contributed by atoms with Crippen LogP contribution in [0.1, 0.15) is 40.9 Å². The minimum absolute atomic E-state index is 0.124. The number of carbonyl (C=O) groups is 1. The Bertz CT molecular complexity index is 470. The molecule has 1 saturated heterocycles. The Kier molecular flexibility index (Phi) is 4.31. The lowest BCUT2D eigenvalue weighted by Gasteiger charge is -2.23. The molecule has 1 aromatic heterocycles. The molecule has 0 aromatic carbocycles. The smallest absolute Gasteiger partial charge is 0.339 e. The number of carboxylic acid groups (broad SMARTS) is 1. The van der Waals surface area contributed by atoms with Crippen LogP contribution in [-0.2, 0) is 4.74 Å². The van der Waals surface area contributed by atoms with Crippen LogP contribution in [0.2, 0.25) is 0 Å². The molecule has 104 valence electrons. The molecule has 0 aliphatic carbocycles. The lowest BCUT2D eigenvalue weighted by atomic mass is 10.1. The van der Waals surface area contributed by atoms with Gasteiger partial charge in [-0.05, 0) is 38.7 Å². The summed E-state index contributed by atoms with van der Waals surface area (Å²) < 4.78 is 5.60. The van der Waals surface area contributed by atoms with Gasteiger partial charge >= 0.3 is 5.97 Å². The average molecular weight is 265 g/mol. The molecule has 2 N–H and O–H groups in total. The van der Waals surface area contributed by atoms with Gasteiger partial charge in [0.25, 0.3) is 0 Å². The third-order valence-electron chi connectivity index (χ3n) is 3.44. The second-order valence-corrected chi connectivity index (χ2v) is 4.81. The zero-order chi connectivity index (χ0) is 13.8. The third-order valence-corrected chi connectivity index (χ3v) is 3.44. The SMILES string of the molecule is Cc1nnc(NCC2CCCCO2)c(C(=O)O)c1C. The Morgan fingerprint density at radius 1 is 1.42 bits per heavy atom. The van der Waals surface area contributed by atoms with E-state index in [1.165, 1.54) is 0 Å². The van der Waals surface area contributed by atoms with E-state index >= 15 is 0 Å². The van der Waals surface area contributed by atoms with Crippen molar-refractivity contribution in [2.45, 2.75) is 39.2 Å².